The van der Waals surface area contributed by atoms with Crippen LogP contribution in [0.25, 0.3) is 0 Å². The number of nitrogens with one attached hydrogen (secondary N) is 7. The average molecular weight is 1130 g/mol. The van der Waals surface area contributed by atoms with E-state index < -0.39 is 91.0 Å². The number of carboxylic acids is 4. The minimum absolute atomic E-state index is 0.0235. The van der Waals surface area contributed by atoms with Gasteiger partial charge in [-0.1, -0.05) is 77.0 Å². The molecular weight excluding hydrogens is 1040 g/mol. The Morgan fingerprint density at radius 1 is 0.354 bits per heavy atom. The molecule has 0 radical (unpaired) electrons. The molecule has 4 atom stereocenters. The highest BCUT2D eigenvalue weighted by Gasteiger charge is 2.28. The number of hydrogen-bond acceptors (Lipinski definition) is 16. The van der Waals surface area contributed by atoms with Gasteiger partial charge < -0.3 is 76.6 Å². The molecule has 0 bridgehead atoms. The third-order valence-corrected chi connectivity index (χ3v) is 12.3. The maximum atomic E-state index is 13.2. The molecule has 0 aromatic rings. The topological polar surface area (TPSA) is 390 Å². The van der Waals surface area contributed by atoms with Gasteiger partial charge in [0.1, 0.15) is 37.1 Å². The molecule has 0 unspecified atom stereocenters. The first-order valence-corrected chi connectivity index (χ1v) is 27.9. The molecule has 0 fully saturated rings. The maximum Gasteiger partial charge on any atom is 0.326 e. The van der Waals surface area contributed by atoms with Gasteiger partial charge in [-0.2, -0.15) is 0 Å². The van der Waals surface area contributed by atoms with E-state index in [0.717, 1.165) is 51.4 Å². The number of hydrogen-bond donors (Lipinski definition) is 11. The second kappa shape index (κ2) is 49.2. The molecule has 0 heterocycles. The molecule has 454 valence electrons. The van der Waals surface area contributed by atoms with Crippen molar-refractivity contribution >= 4 is 65.1 Å². The van der Waals surface area contributed by atoms with Crippen molar-refractivity contribution in [3.8, 4) is 0 Å². The second-order valence-electron chi connectivity index (χ2n) is 19.2. The Labute approximate surface area is 464 Å². The molecule has 0 saturated heterocycles. The monoisotopic (exact) mass is 1130 g/mol. The molecule has 0 aliphatic rings. The molecule has 79 heavy (non-hydrogen) atoms. The summed E-state index contributed by atoms with van der Waals surface area (Å²) in [5, 5.41) is 54.7. The van der Waals surface area contributed by atoms with Gasteiger partial charge >= 0.3 is 23.9 Å². The first-order valence-electron chi connectivity index (χ1n) is 27.9. The smallest absolute Gasteiger partial charge is 0.326 e. The van der Waals surface area contributed by atoms with Gasteiger partial charge in [0.2, 0.25) is 35.4 Å². The SMILES string of the molecule is CN[C@@H](CCCCNC(=O)[C@H](CCC(=O)O)NC(=O)[C@H](CCC(=O)O)NC(=O)COCCOCCNC(=O)COCCOCCNC(=O)CC[C@H](NC(=O)CCCCCCCCCCCCCCCCC(=O)O)C(=O)O)C(C)=O. The van der Waals surface area contributed by atoms with Crippen molar-refractivity contribution < 1.29 is 92.1 Å². The van der Waals surface area contributed by atoms with E-state index in [2.05, 4.69) is 37.2 Å². The Balaban J connectivity index is 4.17. The van der Waals surface area contributed by atoms with Gasteiger partial charge in [0.15, 0.2) is 0 Å². The zero-order chi connectivity index (χ0) is 58.9. The van der Waals surface area contributed by atoms with Crippen molar-refractivity contribution in [2.75, 3.05) is 79.5 Å². The Hall–Kier alpha value is -5.83. The third kappa shape index (κ3) is 45.7. The van der Waals surface area contributed by atoms with Gasteiger partial charge in [-0.3, -0.25) is 47.9 Å². The number of ketones is 1. The molecule has 0 aromatic heterocycles. The molecule has 0 saturated carbocycles. The van der Waals surface area contributed by atoms with Crippen molar-refractivity contribution in [2.24, 2.45) is 0 Å². The van der Waals surface area contributed by atoms with E-state index in [1.54, 1.807) is 7.05 Å². The zero-order valence-electron chi connectivity index (χ0n) is 46.7. The number of rotatable bonds is 55. The Morgan fingerprint density at radius 2 is 0.785 bits per heavy atom. The van der Waals surface area contributed by atoms with Gasteiger partial charge in [-0.05, 0) is 65.3 Å². The minimum Gasteiger partial charge on any atom is -0.481 e. The van der Waals surface area contributed by atoms with Gasteiger partial charge in [0.25, 0.3) is 0 Å². The fourth-order valence-corrected chi connectivity index (χ4v) is 7.86. The van der Waals surface area contributed by atoms with Crippen LogP contribution < -0.4 is 37.2 Å². The van der Waals surface area contributed by atoms with E-state index in [0.29, 0.717) is 25.7 Å². The Kier molecular flexibility index (Phi) is 45.6. The van der Waals surface area contributed by atoms with Crippen LogP contribution in [0.4, 0.5) is 0 Å². The van der Waals surface area contributed by atoms with Crippen LogP contribution in [0.15, 0.2) is 0 Å². The summed E-state index contributed by atoms with van der Waals surface area (Å²) in [5.74, 6) is -7.94. The third-order valence-electron chi connectivity index (χ3n) is 12.3. The van der Waals surface area contributed by atoms with E-state index >= 15 is 0 Å². The lowest BCUT2D eigenvalue weighted by molar-refractivity contribution is -0.142. The fourth-order valence-electron chi connectivity index (χ4n) is 7.86. The van der Waals surface area contributed by atoms with Crippen LogP contribution in [0.1, 0.15) is 167 Å². The summed E-state index contributed by atoms with van der Waals surface area (Å²) >= 11 is 0. The highest BCUT2D eigenvalue weighted by Crippen LogP contribution is 2.14. The molecule has 11 N–H and O–H groups in total. The highest BCUT2D eigenvalue weighted by molar-refractivity contribution is 5.93. The first kappa shape index (κ1) is 73.2. The van der Waals surface area contributed by atoms with Crippen molar-refractivity contribution in [1.29, 1.82) is 0 Å². The molecule has 0 aliphatic heterocycles. The average Bonchev–Trinajstić information content (AvgIpc) is 3.39. The predicted molar refractivity (Wildman–Crippen MR) is 288 cm³/mol. The summed E-state index contributed by atoms with van der Waals surface area (Å²) in [6.07, 6.45) is 15.1. The highest BCUT2D eigenvalue weighted by atomic mass is 16.5. The molecule has 6 amide bonds. The van der Waals surface area contributed by atoms with Crippen molar-refractivity contribution in [2.45, 2.75) is 192 Å². The maximum absolute atomic E-state index is 13.2. The number of amides is 6. The number of carboxylic acid groups (broad SMARTS) is 4. The summed E-state index contributed by atoms with van der Waals surface area (Å²) in [4.78, 5) is 132. The lowest BCUT2D eigenvalue weighted by Crippen LogP contribution is -2.54. The van der Waals surface area contributed by atoms with E-state index in [9.17, 15) is 68.1 Å². The van der Waals surface area contributed by atoms with Crippen LogP contribution in [0, 0.1) is 0 Å². The summed E-state index contributed by atoms with van der Waals surface area (Å²) in [7, 11) is 1.67. The van der Waals surface area contributed by atoms with Crippen molar-refractivity contribution in [3.05, 3.63) is 0 Å². The zero-order valence-corrected chi connectivity index (χ0v) is 46.7. The van der Waals surface area contributed by atoms with Gasteiger partial charge in [0.05, 0.1) is 45.7 Å². The molecule has 0 aliphatic carbocycles. The largest absolute Gasteiger partial charge is 0.481 e. The van der Waals surface area contributed by atoms with Crippen molar-refractivity contribution in [1.82, 2.24) is 37.2 Å². The lowest BCUT2D eigenvalue weighted by atomic mass is 10.0. The van der Waals surface area contributed by atoms with E-state index in [1.165, 1.54) is 39.0 Å². The predicted octanol–water partition coefficient (Wildman–Crippen LogP) is 2.12. The van der Waals surface area contributed by atoms with Crippen LogP contribution in [-0.2, 0) is 71.7 Å². The normalized spacial score (nSPS) is 12.5. The van der Waals surface area contributed by atoms with Crippen LogP contribution in [0.3, 0.4) is 0 Å². The molecule has 0 rings (SSSR count). The minimum atomic E-state index is -1.39. The summed E-state index contributed by atoms with van der Waals surface area (Å²) in [6, 6.07) is -4.19. The quantitative estimate of drug-likeness (QED) is 0.0389. The molecule has 0 spiro atoms. The van der Waals surface area contributed by atoms with Crippen LogP contribution >= 0.6 is 0 Å². The van der Waals surface area contributed by atoms with Crippen molar-refractivity contribution in [3.63, 3.8) is 0 Å². The number of ether oxygens (including phenoxy) is 4. The number of aliphatic carboxylic acids is 4. The van der Waals surface area contributed by atoms with E-state index in [-0.39, 0.29) is 122 Å². The first-order chi connectivity index (χ1) is 37.9. The number of Topliss-reactive ketones (excluding diaryl/α,β-unsaturated/α-hetero) is 1. The van der Waals surface area contributed by atoms with Crippen LogP contribution in [0.5, 0.6) is 0 Å². The molecule has 0 aromatic carbocycles. The van der Waals surface area contributed by atoms with Gasteiger partial charge in [-0.15, -0.1) is 0 Å². The molecular formula is C53H93N7O19. The molecule has 26 heteroatoms. The summed E-state index contributed by atoms with van der Waals surface area (Å²) in [5.41, 5.74) is 0. The number of likely N-dealkylation sites (N-methyl/N-ethyl adjacent to an activating group) is 1. The summed E-state index contributed by atoms with van der Waals surface area (Å²) < 4.78 is 21.3. The van der Waals surface area contributed by atoms with Gasteiger partial charge in [-0.25, -0.2) is 4.79 Å². The number of unbranched alkanes of at least 4 members (excludes halogenated alkanes) is 14. The van der Waals surface area contributed by atoms with Gasteiger partial charge in [0, 0.05) is 51.7 Å². The fraction of sp³-hybridized carbons (Fsp3) is 0.792. The lowest BCUT2D eigenvalue weighted by Gasteiger charge is -2.23. The number of carbonyl (C=O) groups excluding carboxylic acids is 7. The summed E-state index contributed by atoms with van der Waals surface area (Å²) in [6.45, 7) is 1.58. The van der Waals surface area contributed by atoms with E-state index in [4.69, 9.17) is 24.1 Å². The Bertz CT molecular complexity index is 1790. The van der Waals surface area contributed by atoms with Crippen LogP contribution in [-0.4, -0.2) is 189 Å². The standard InChI is InChI=1S/C53H93N7O19/c1-39(61)40(54-2)19-17-18-28-57-51(72)41(23-26-49(68)69)60-52(73)42(24-27-50(70)71)58-47(65)38-79-36-34-77-32-30-56-46(64)37-78-35-33-76-31-29-55-44(62)25-22-43(53(74)75)59-45(63)20-15-13-11-9-7-5-3-4-6-8-10-12-14-16-21-48(66)67/h40-43,54H,3-38H2,1-2H3,(H,55,62)(H,56,64)(H,57,72)(H,58,65)(H,59,63)(H,60,73)(H,66,67)(H,68,69)(H,70,71)(H,74,75)/t40-,41-,42-,43-/m0/s1. The molecule has 26 nitrogen and oxygen atoms in total. The van der Waals surface area contributed by atoms with E-state index in [1.807, 2.05) is 0 Å². The Morgan fingerprint density at radius 3 is 1.27 bits per heavy atom. The second-order valence-corrected chi connectivity index (χ2v) is 19.2. The number of carbonyl (C=O) groups is 11. The van der Waals surface area contributed by atoms with Crippen LogP contribution in [0.2, 0.25) is 0 Å².